The second-order valence-electron chi connectivity index (χ2n) is 6.04. The number of aromatic nitrogens is 2. The minimum atomic E-state index is -0.449. The average molecular weight is 337 g/mol. The van der Waals surface area contributed by atoms with Crippen molar-refractivity contribution in [3.63, 3.8) is 0 Å². The average Bonchev–Trinajstić information content (AvgIpc) is 2.60. The Labute approximate surface area is 145 Å². The van der Waals surface area contributed by atoms with Crippen molar-refractivity contribution in [1.29, 1.82) is 0 Å². The first-order valence-corrected chi connectivity index (χ1v) is 7.87. The Morgan fingerprint density at radius 3 is 2.76 bits per heavy atom. The molecule has 0 aliphatic carbocycles. The first kappa shape index (κ1) is 16.7. The van der Waals surface area contributed by atoms with Crippen molar-refractivity contribution in [2.75, 3.05) is 19.0 Å². The monoisotopic (exact) mass is 337 g/mol. The SMILES string of the molecule is Cc1ccc2nc(COC(=O)c3cccc(N(C)C)c3)cc(=O)n2c1. The van der Waals surface area contributed by atoms with Crippen LogP contribution in [0.25, 0.3) is 5.65 Å². The molecular formula is C19H19N3O3. The largest absolute Gasteiger partial charge is 0.456 e. The number of pyridine rings is 1. The number of fused-ring (bicyclic) bond motifs is 1. The first-order chi connectivity index (χ1) is 11.9. The molecule has 25 heavy (non-hydrogen) atoms. The molecule has 0 bridgehead atoms. The summed E-state index contributed by atoms with van der Waals surface area (Å²) >= 11 is 0. The number of ether oxygens (including phenoxy) is 1. The van der Waals surface area contributed by atoms with E-state index in [0.717, 1.165) is 11.3 Å². The van der Waals surface area contributed by atoms with Crippen LogP contribution in [-0.4, -0.2) is 29.4 Å². The summed E-state index contributed by atoms with van der Waals surface area (Å²) in [5.74, 6) is -0.449. The van der Waals surface area contributed by atoms with Gasteiger partial charge in [0.15, 0.2) is 0 Å². The van der Waals surface area contributed by atoms with Crippen molar-refractivity contribution >= 4 is 17.3 Å². The third-order valence-corrected chi connectivity index (χ3v) is 3.81. The van der Waals surface area contributed by atoms with E-state index in [1.807, 2.05) is 38.1 Å². The van der Waals surface area contributed by atoms with Gasteiger partial charge in [-0.3, -0.25) is 9.20 Å². The Bertz CT molecular complexity index is 993. The summed E-state index contributed by atoms with van der Waals surface area (Å²) in [6, 6.07) is 12.2. The first-order valence-electron chi connectivity index (χ1n) is 7.87. The fourth-order valence-corrected chi connectivity index (χ4v) is 2.47. The molecule has 0 unspecified atom stereocenters. The van der Waals surface area contributed by atoms with Crippen LogP contribution in [0.5, 0.6) is 0 Å². The molecule has 3 aromatic rings. The highest BCUT2D eigenvalue weighted by Crippen LogP contribution is 2.14. The van der Waals surface area contributed by atoms with Gasteiger partial charge in [-0.15, -0.1) is 0 Å². The smallest absolute Gasteiger partial charge is 0.338 e. The van der Waals surface area contributed by atoms with Gasteiger partial charge in [-0.05, 0) is 36.8 Å². The molecule has 0 atom stereocenters. The molecule has 2 aromatic heterocycles. The van der Waals surface area contributed by atoms with Crippen molar-refractivity contribution in [3.8, 4) is 0 Å². The highest BCUT2D eigenvalue weighted by Gasteiger charge is 2.10. The van der Waals surface area contributed by atoms with Crippen molar-refractivity contribution in [3.05, 3.63) is 75.8 Å². The zero-order valence-electron chi connectivity index (χ0n) is 14.4. The molecule has 6 heteroatoms. The van der Waals surface area contributed by atoms with E-state index in [9.17, 15) is 9.59 Å². The lowest BCUT2D eigenvalue weighted by Gasteiger charge is -2.13. The highest BCUT2D eigenvalue weighted by molar-refractivity contribution is 5.90. The number of nitrogens with zero attached hydrogens (tertiary/aromatic N) is 3. The Kier molecular flexibility index (Phi) is 4.52. The number of esters is 1. The van der Waals surface area contributed by atoms with Crippen molar-refractivity contribution in [1.82, 2.24) is 9.38 Å². The highest BCUT2D eigenvalue weighted by atomic mass is 16.5. The zero-order chi connectivity index (χ0) is 18.0. The van der Waals surface area contributed by atoms with Gasteiger partial charge in [0.2, 0.25) is 0 Å². The Hall–Kier alpha value is -3.15. The van der Waals surface area contributed by atoms with Gasteiger partial charge in [0, 0.05) is 32.0 Å². The van der Waals surface area contributed by atoms with E-state index in [1.165, 1.54) is 10.5 Å². The zero-order valence-corrected chi connectivity index (χ0v) is 14.4. The standard InChI is InChI=1S/C19H19N3O3/c1-13-7-8-17-20-15(10-18(23)22(17)11-13)12-25-19(24)14-5-4-6-16(9-14)21(2)3/h4-11H,12H2,1-3H3. The lowest BCUT2D eigenvalue weighted by molar-refractivity contribution is 0.0468. The fraction of sp³-hybridized carbons (Fsp3) is 0.211. The number of rotatable bonds is 4. The molecule has 3 rings (SSSR count). The van der Waals surface area contributed by atoms with Crippen LogP contribution < -0.4 is 10.5 Å². The van der Waals surface area contributed by atoms with Gasteiger partial charge in [-0.25, -0.2) is 9.78 Å². The maximum Gasteiger partial charge on any atom is 0.338 e. The molecule has 128 valence electrons. The minimum Gasteiger partial charge on any atom is -0.456 e. The quantitative estimate of drug-likeness (QED) is 0.684. The van der Waals surface area contributed by atoms with E-state index in [4.69, 9.17) is 4.74 Å². The topological polar surface area (TPSA) is 63.9 Å². The predicted molar refractivity (Wildman–Crippen MR) is 96.1 cm³/mol. The van der Waals surface area contributed by atoms with E-state index in [-0.39, 0.29) is 12.2 Å². The Balaban J connectivity index is 1.78. The molecule has 0 radical (unpaired) electrons. The van der Waals surface area contributed by atoms with Crippen LogP contribution in [0, 0.1) is 6.92 Å². The molecule has 1 aromatic carbocycles. The summed E-state index contributed by atoms with van der Waals surface area (Å²) in [6.45, 7) is 1.86. The van der Waals surface area contributed by atoms with Crippen LogP contribution in [0.4, 0.5) is 5.69 Å². The summed E-state index contributed by atoms with van der Waals surface area (Å²) in [5.41, 5.74) is 3.08. The molecule has 2 heterocycles. The lowest BCUT2D eigenvalue weighted by atomic mass is 10.2. The molecular weight excluding hydrogens is 318 g/mol. The van der Waals surface area contributed by atoms with Gasteiger partial charge < -0.3 is 9.64 Å². The van der Waals surface area contributed by atoms with Crippen LogP contribution in [0.15, 0.2) is 53.5 Å². The van der Waals surface area contributed by atoms with Crippen LogP contribution in [0.1, 0.15) is 21.6 Å². The number of hydrogen-bond donors (Lipinski definition) is 0. The van der Waals surface area contributed by atoms with Crippen LogP contribution >= 0.6 is 0 Å². The number of carbonyl (C=O) groups is 1. The van der Waals surface area contributed by atoms with Crippen LogP contribution in [-0.2, 0) is 11.3 Å². The molecule has 0 amide bonds. The molecule has 6 nitrogen and oxygen atoms in total. The molecule has 0 saturated carbocycles. The van der Waals surface area contributed by atoms with Gasteiger partial charge >= 0.3 is 5.97 Å². The van der Waals surface area contributed by atoms with E-state index in [0.29, 0.717) is 16.9 Å². The number of hydrogen-bond acceptors (Lipinski definition) is 5. The Morgan fingerprint density at radius 2 is 2.00 bits per heavy atom. The summed E-state index contributed by atoms with van der Waals surface area (Å²) in [5, 5.41) is 0. The second kappa shape index (κ2) is 6.76. The lowest BCUT2D eigenvalue weighted by Crippen LogP contribution is -2.17. The van der Waals surface area contributed by atoms with Gasteiger partial charge in [0.1, 0.15) is 12.3 Å². The van der Waals surface area contributed by atoms with E-state index >= 15 is 0 Å². The van der Waals surface area contributed by atoms with Gasteiger partial charge in [0.05, 0.1) is 11.3 Å². The summed E-state index contributed by atoms with van der Waals surface area (Å²) in [4.78, 5) is 30.7. The second-order valence-corrected chi connectivity index (χ2v) is 6.04. The van der Waals surface area contributed by atoms with E-state index in [2.05, 4.69) is 4.98 Å². The number of benzene rings is 1. The summed E-state index contributed by atoms with van der Waals surface area (Å²) in [7, 11) is 3.80. The van der Waals surface area contributed by atoms with Gasteiger partial charge in [-0.1, -0.05) is 12.1 Å². The predicted octanol–water partition coefficient (Wildman–Crippen LogP) is 2.43. The van der Waals surface area contributed by atoms with E-state index < -0.39 is 5.97 Å². The third-order valence-electron chi connectivity index (χ3n) is 3.81. The molecule has 0 fully saturated rings. The number of carbonyl (C=O) groups excluding carboxylic acids is 1. The van der Waals surface area contributed by atoms with Gasteiger partial charge in [0.25, 0.3) is 5.56 Å². The summed E-state index contributed by atoms with van der Waals surface area (Å²) < 4.78 is 6.78. The number of aryl methyl sites for hydroxylation is 1. The molecule has 0 N–H and O–H groups in total. The van der Waals surface area contributed by atoms with Crippen LogP contribution in [0.3, 0.4) is 0 Å². The third kappa shape index (κ3) is 3.68. The fourth-order valence-electron chi connectivity index (χ4n) is 2.47. The normalized spacial score (nSPS) is 10.7. The van der Waals surface area contributed by atoms with Crippen molar-refractivity contribution < 1.29 is 9.53 Å². The van der Waals surface area contributed by atoms with E-state index in [1.54, 1.807) is 30.5 Å². The number of anilines is 1. The maximum atomic E-state index is 12.2. The van der Waals surface area contributed by atoms with Gasteiger partial charge in [-0.2, -0.15) is 0 Å². The van der Waals surface area contributed by atoms with Crippen molar-refractivity contribution in [2.45, 2.75) is 13.5 Å². The summed E-state index contributed by atoms with van der Waals surface area (Å²) in [6.07, 6.45) is 1.73. The Morgan fingerprint density at radius 1 is 1.20 bits per heavy atom. The molecule has 0 aliphatic heterocycles. The van der Waals surface area contributed by atoms with Crippen LogP contribution in [0.2, 0.25) is 0 Å². The maximum absolute atomic E-state index is 12.2. The molecule has 0 aliphatic rings. The minimum absolute atomic E-state index is 0.0510. The van der Waals surface area contributed by atoms with Crippen molar-refractivity contribution in [2.24, 2.45) is 0 Å². The molecule has 0 spiro atoms. The molecule has 0 saturated heterocycles.